The summed E-state index contributed by atoms with van der Waals surface area (Å²) in [5, 5.41) is 0. The molecule has 0 saturated heterocycles. The molecule has 0 heterocycles. The van der Waals surface area contributed by atoms with Crippen molar-refractivity contribution in [3.05, 3.63) is 57.0 Å². The molecule has 0 bridgehead atoms. The minimum Gasteiger partial charge on any atom is -0.294 e. The predicted octanol–water partition coefficient (Wildman–Crippen LogP) is 5.47. The molecule has 0 aliphatic rings. The molecule has 0 spiro atoms. The van der Waals surface area contributed by atoms with Crippen LogP contribution in [-0.2, 0) is 0 Å². The topological polar surface area (TPSA) is 17.1 Å². The molecular formula is C15H12Br2O. The van der Waals surface area contributed by atoms with E-state index in [9.17, 15) is 4.79 Å². The summed E-state index contributed by atoms with van der Waals surface area (Å²) in [4.78, 5) is 11.7. The SMILES string of the molecule is CCC(=O)c1ccc(-c2ccc(Br)cc2)cc1Br. The van der Waals surface area contributed by atoms with Gasteiger partial charge in [0.25, 0.3) is 0 Å². The summed E-state index contributed by atoms with van der Waals surface area (Å²) in [5.41, 5.74) is 2.98. The number of ketones is 1. The molecule has 0 unspecified atom stereocenters. The molecule has 2 aromatic rings. The molecule has 3 heteroatoms. The number of hydrogen-bond acceptors (Lipinski definition) is 1. The minimum atomic E-state index is 0.157. The fourth-order valence-corrected chi connectivity index (χ4v) is 2.62. The van der Waals surface area contributed by atoms with Gasteiger partial charge in [-0.3, -0.25) is 4.79 Å². The van der Waals surface area contributed by atoms with Crippen molar-refractivity contribution in [2.75, 3.05) is 0 Å². The second kappa shape index (κ2) is 5.81. The molecule has 0 aliphatic carbocycles. The number of rotatable bonds is 3. The van der Waals surface area contributed by atoms with Crippen LogP contribution in [0.2, 0.25) is 0 Å². The van der Waals surface area contributed by atoms with Crippen molar-refractivity contribution in [3.8, 4) is 11.1 Å². The maximum Gasteiger partial charge on any atom is 0.163 e. The van der Waals surface area contributed by atoms with Crippen LogP contribution in [0, 0.1) is 0 Å². The van der Waals surface area contributed by atoms with Gasteiger partial charge >= 0.3 is 0 Å². The third kappa shape index (κ3) is 2.90. The maximum absolute atomic E-state index is 11.7. The minimum absolute atomic E-state index is 0.157. The van der Waals surface area contributed by atoms with Crippen LogP contribution >= 0.6 is 31.9 Å². The number of Topliss-reactive ketones (excluding diaryl/α,β-unsaturated/α-hetero) is 1. The lowest BCUT2D eigenvalue weighted by Gasteiger charge is -2.06. The Labute approximate surface area is 123 Å². The second-order valence-corrected chi connectivity index (χ2v) is 5.75. The lowest BCUT2D eigenvalue weighted by molar-refractivity contribution is 0.0987. The average Bonchev–Trinajstić information content (AvgIpc) is 2.38. The first-order valence-electron chi connectivity index (χ1n) is 5.70. The summed E-state index contributed by atoms with van der Waals surface area (Å²) < 4.78 is 1.91. The van der Waals surface area contributed by atoms with E-state index in [0.717, 1.165) is 25.6 Å². The Kier molecular flexibility index (Phi) is 4.36. The Bertz CT molecular complexity index is 574. The van der Waals surface area contributed by atoms with E-state index in [4.69, 9.17) is 0 Å². The third-order valence-corrected chi connectivity index (χ3v) is 3.95. The Balaban J connectivity index is 2.40. The standard InChI is InChI=1S/C15H12Br2O/c1-2-15(18)13-8-5-11(9-14(13)17)10-3-6-12(16)7-4-10/h3-9H,2H2,1H3. The second-order valence-electron chi connectivity index (χ2n) is 3.98. The molecule has 0 N–H and O–H groups in total. The highest BCUT2D eigenvalue weighted by molar-refractivity contribution is 9.10. The van der Waals surface area contributed by atoms with Gasteiger partial charge in [0, 0.05) is 20.9 Å². The number of halogens is 2. The quantitative estimate of drug-likeness (QED) is 0.657. The van der Waals surface area contributed by atoms with Crippen LogP contribution in [-0.4, -0.2) is 5.78 Å². The van der Waals surface area contributed by atoms with E-state index in [1.54, 1.807) is 0 Å². The predicted molar refractivity (Wildman–Crippen MR) is 81.9 cm³/mol. The maximum atomic E-state index is 11.7. The first kappa shape index (κ1) is 13.5. The smallest absolute Gasteiger partial charge is 0.163 e. The Morgan fingerprint density at radius 2 is 1.61 bits per heavy atom. The van der Waals surface area contributed by atoms with Gasteiger partial charge in [-0.15, -0.1) is 0 Å². The first-order chi connectivity index (χ1) is 8.61. The van der Waals surface area contributed by atoms with Crippen molar-refractivity contribution in [2.45, 2.75) is 13.3 Å². The largest absolute Gasteiger partial charge is 0.294 e. The molecule has 0 saturated carbocycles. The summed E-state index contributed by atoms with van der Waals surface area (Å²) in [6.07, 6.45) is 0.524. The van der Waals surface area contributed by atoms with Crippen LogP contribution in [0.1, 0.15) is 23.7 Å². The van der Waals surface area contributed by atoms with Crippen LogP contribution in [0.4, 0.5) is 0 Å². The molecule has 2 aromatic carbocycles. The monoisotopic (exact) mass is 366 g/mol. The van der Waals surface area contributed by atoms with Gasteiger partial charge in [0.05, 0.1) is 0 Å². The molecule has 0 amide bonds. The van der Waals surface area contributed by atoms with Gasteiger partial charge in [-0.1, -0.05) is 57.0 Å². The van der Waals surface area contributed by atoms with Crippen molar-refractivity contribution in [1.82, 2.24) is 0 Å². The van der Waals surface area contributed by atoms with E-state index in [2.05, 4.69) is 31.9 Å². The Morgan fingerprint density at radius 1 is 1.00 bits per heavy atom. The van der Waals surface area contributed by atoms with Gasteiger partial charge in [-0.05, 0) is 35.4 Å². The summed E-state index contributed by atoms with van der Waals surface area (Å²) in [7, 11) is 0. The fraction of sp³-hybridized carbons (Fsp3) is 0.133. The van der Waals surface area contributed by atoms with Gasteiger partial charge in [0.1, 0.15) is 0 Å². The van der Waals surface area contributed by atoms with E-state index in [1.165, 1.54) is 0 Å². The van der Waals surface area contributed by atoms with Crippen LogP contribution in [0.3, 0.4) is 0 Å². The lowest BCUT2D eigenvalue weighted by Crippen LogP contribution is -1.97. The van der Waals surface area contributed by atoms with Crippen molar-refractivity contribution in [3.63, 3.8) is 0 Å². The zero-order chi connectivity index (χ0) is 13.1. The highest BCUT2D eigenvalue weighted by atomic mass is 79.9. The molecule has 0 radical (unpaired) electrons. The van der Waals surface area contributed by atoms with Crippen LogP contribution in [0.5, 0.6) is 0 Å². The fourth-order valence-electron chi connectivity index (χ4n) is 1.75. The number of carbonyl (C=O) groups excluding carboxylic acids is 1. The first-order valence-corrected chi connectivity index (χ1v) is 7.29. The molecule has 92 valence electrons. The summed E-state index contributed by atoms with van der Waals surface area (Å²) in [5.74, 6) is 0.157. The molecule has 18 heavy (non-hydrogen) atoms. The Hall–Kier alpha value is -0.930. The summed E-state index contributed by atoms with van der Waals surface area (Å²) >= 11 is 6.89. The molecular weight excluding hydrogens is 356 g/mol. The van der Waals surface area contributed by atoms with Crippen LogP contribution in [0.25, 0.3) is 11.1 Å². The van der Waals surface area contributed by atoms with Crippen molar-refractivity contribution in [1.29, 1.82) is 0 Å². The van der Waals surface area contributed by atoms with E-state index in [1.807, 2.05) is 49.4 Å². The molecule has 0 fully saturated rings. The lowest BCUT2D eigenvalue weighted by atomic mass is 10.0. The van der Waals surface area contributed by atoms with Gasteiger partial charge < -0.3 is 0 Å². The molecule has 1 nitrogen and oxygen atoms in total. The molecule has 0 atom stereocenters. The van der Waals surface area contributed by atoms with E-state index in [-0.39, 0.29) is 5.78 Å². The molecule has 0 aliphatic heterocycles. The van der Waals surface area contributed by atoms with Gasteiger partial charge in [0.2, 0.25) is 0 Å². The van der Waals surface area contributed by atoms with E-state index in [0.29, 0.717) is 6.42 Å². The van der Waals surface area contributed by atoms with Crippen molar-refractivity contribution in [2.24, 2.45) is 0 Å². The average molecular weight is 368 g/mol. The zero-order valence-electron chi connectivity index (χ0n) is 9.91. The van der Waals surface area contributed by atoms with Gasteiger partial charge in [-0.2, -0.15) is 0 Å². The summed E-state index contributed by atoms with van der Waals surface area (Å²) in [6.45, 7) is 1.87. The van der Waals surface area contributed by atoms with E-state index >= 15 is 0 Å². The summed E-state index contributed by atoms with van der Waals surface area (Å²) in [6, 6.07) is 14.0. The van der Waals surface area contributed by atoms with Gasteiger partial charge in [-0.25, -0.2) is 0 Å². The Morgan fingerprint density at radius 3 is 2.17 bits per heavy atom. The number of carbonyl (C=O) groups is 1. The highest BCUT2D eigenvalue weighted by Gasteiger charge is 2.09. The number of benzene rings is 2. The highest BCUT2D eigenvalue weighted by Crippen LogP contribution is 2.27. The van der Waals surface area contributed by atoms with E-state index < -0.39 is 0 Å². The molecule has 2 rings (SSSR count). The van der Waals surface area contributed by atoms with Crippen LogP contribution < -0.4 is 0 Å². The molecule has 0 aromatic heterocycles. The number of hydrogen-bond donors (Lipinski definition) is 0. The normalized spacial score (nSPS) is 10.4. The van der Waals surface area contributed by atoms with Crippen molar-refractivity contribution >= 4 is 37.6 Å². The van der Waals surface area contributed by atoms with Crippen LogP contribution in [0.15, 0.2) is 51.4 Å². The van der Waals surface area contributed by atoms with Crippen molar-refractivity contribution < 1.29 is 4.79 Å². The third-order valence-electron chi connectivity index (χ3n) is 2.77. The van der Waals surface area contributed by atoms with Gasteiger partial charge in [0.15, 0.2) is 5.78 Å². The zero-order valence-corrected chi connectivity index (χ0v) is 13.1.